The second-order valence-corrected chi connectivity index (χ2v) is 8.20. The van der Waals surface area contributed by atoms with Crippen molar-refractivity contribution in [1.82, 2.24) is 4.72 Å². The van der Waals surface area contributed by atoms with Gasteiger partial charge >= 0.3 is 0 Å². The van der Waals surface area contributed by atoms with Crippen LogP contribution in [-0.2, 0) is 10.0 Å². The Labute approximate surface area is 124 Å². The lowest BCUT2D eigenvalue weighted by Gasteiger charge is -2.13. The van der Waals surface area contributed by atoms with E-state index in [-0.39, 0.29) is 0 Å². The Bertz CT molecular complexity index is 557. The van der Waals surface area contributed by atoms with E-state index in [9.17, 15) is 8.42 Å². The van der Waals surface area contributed by atoms with Gasteiger partial charge in [-0.2, -0.15) is 0 Å². The normalized spacial score (nSPS) is 23.7. The van der Waals surface area contributed by atoms with Crippen molar-refractivity contribution in [2.45, 2.75) is 38.0 Å². The van der Waals surface area contributed by atoms with Crippen molar-refractivity contribution in [2.24, 2.45) is 11.8 Å². The van der Waals surface area contributed by atoms with Crippen LogP contribution < -0.4 is 4.72 Å². The number of nitrogens with one attached hydrogen (secondary N) is 1. The molecular weight excluding hydrogens is 326 g/mol. The van der Waals surface area contributed by atoms with Gasteiger partial charge in [-0.3, -0.25) is 0 Å². The molecular formula is C14H20BrNO2S. The van der Waals surface area contributed by atoms with Crippen LogP contribution in [0.1, 0.15) is 31.7 Å². The number of benzene rings is 1. The van der Waals surface area contributed by atoms with Gasteiger partial charge in [0.2, 0.25) is 10.0 Å². The SMILES string of the molecule is Cc1ccc(Br)cc1S(=O)(=O)NCC1CCC(C)C1. The summed E-state index contributed by atoms with van der Waals surface area (Å²) in [5.41, 5.74) is 0.774. The Morgan fingerprint density at radius 2 is 2.11 bits per heavy atom. The van der Waals surface area contributed by atoms with E-state index >= 15 is 0 Å². The monoisotopic (exact) mass is 345 g/mol. The largest absolute Gasteiger partial charge is 0.240 e. The molecule has 0 heterocycles. The molecule has 2 unspecified atom stereocenters. The molecule has 1 aliphatic rings. The molecule has 19 heavy (non-hydrogen) atoms. The van der Waals surface area contributed by atoms with Crippen molar-refractivity contribution < 1.29 is 8.42 Å². The first-order chi connectivity index (χ1) is 8.88. The number of rotatable bonds is 4. The van der Waals surface area contributed by atoms with Crippen LogP contribution in [0.3, 0.4) is 0 Å². The molecule has 0 saturated heterocycles. The zero-order chi connectivity index (χ0) is 14.0. The summed E-state index contributed by atoms with van der Waals surface area (Å²) in [5, 5.41) is 0. The quantitative estimate of drug-likeness (QED) is 0.907. The zero-order valence-electron chi connectivity index (χ0n) is 11.3. The Morgan fingerprint density at radius 3 is 2.74 bits per heavy atom. The first-order valence-corrected chi connectivity index (χ1v) is 8.92. The molecule has 0 bridgehead atoms. The van der Waals surface area contributed by atoms with E-state index in [0.717, 1.165) is 28.8 Å². The molecule has 1 aromatic rings. The average Bonchev–Trinajstić information content (AvgIpc) is 2.76. The molecule has 106 valence electrons. The highest BCUT2D eigenvalue weighted by Gasteiger charge is 2.24. The van der Waals surface area contributed by atoms with Gasteiger partial charge in [0, 0.05) is 11.0 Å². The highest BCUT2D eigenvalue weighted by atomic mass is 79.9. The van der Waals surface area contributed by atoms with Gasteiger partial charge < -0.3 is 0 Å². The minimum atomic E-state index is -3.40. The van der Waals surface area contributed by atoms with Crippen LogP contribution in [0.5, 0.6) is 0 Å². The van der Waals surface area contributed by atoms with E-state index in [2.05, 4.69) is 27.6 Å². The maximum absolute atomic E-state index is 12.3. The predicted octanol–water partition coefficient (Wildman–Crippen LogP) is 3.47. The summed E-state index contributed by atoms with van der Waals surface area (Å²) in [6.07, 6.45) is 3.46. The van der Waals surface area contributed by atoms with E-state index in [1.165, 1.54) is 6.42 Å². The van der Waals surface area contributed by atoms with Crippen LogP contribution in [0.2, 0.25) is 0 Å². The van der Waals surface area contributed by atoms with Gasteiger partial charge in [0.15, 0.2) is 0 Å². The molecule has 1 N–H and O–H groups in total. The molecule has 0 aliphatic heterocycles. The Balaban J connectivity index is 2.08. The smallest absolute Gasteiger partial charge is 0.211 e. The second-order valence-electron chi connectivity index (χ2n) is 5.55. The molecule has 0 aromatic heterocycles. The number of sulfonamides is 1. The molecule has 0 amide bonds. The summed E-state index contributed by atoms with van der Waals surface area (Å²) in [6, 6.07) is 5.33. The van der Waals surface area contributed by atoms with Gasteiger partial charge in [-0.1, -0.05) is 35.3 Å². The predicted molar refractivity (Wildman–Crippen MR) is 80.6 cm³/mol. The van der Waals surface area contributed by atoms with E-state index < -0.39 is 10.0 Å². The van der Waals surface area contributed by atoms with Gasteiger partial charge in [0.1, 0.15) is 0 Å². The average molecular weight is 346 g/mol. The highest BCUT2D eigenvalue weighted by Crippen LogP contribution is 2.30. The molecule has 1 aliphatic carbocycles. The number of hydrogen-bond acceptors (Lipinski definition) is 2. The second kappa shape index (κ2) is 5.94. The molecule has 5 heteroatoms. The van der Waals surface area contributed by atoms with E-state index in [1.54, 1.807) is 6.07 Å². The molecule has 1 fully saturated rings. The fraction of sp³-hybridized carbons (Fsp3) is 0.571. The zero-order valence-corrected chi connectivity index (χ0v) is 13.7. The van der Waals surface area contributed by atoms with Crippen LogP contribution in [-0.4, -0.2) is 15.0 Å². The summed E-state index contributed by atoms with van der Waals surface area (Å²) in [7, 11) is -3.40. The van der Waals surface area contributed by atoms with Crippen molar-refractivity contribution >= 4 is 26.0 Å². The van der Waals surface area contributed by atoms with Gasteiger partial charge in [-0.25, -0.2) is 13.1 Å². The van der Waals surface area contributed by atoms with Crippen LogP contribution in [0.4, 0.5) is 0 Å². The highest BCUT2D eigenvalue weighted by molar-refractivity contribution is 9.10. The summed E-state index contributed by atoms with van der Waals surface area (Å²) >= 11 is 3.32. The van der Waals surface area contributed by atoms with Gasteiger partial charge in [-0.05, 0) is 49.3 Å². The lowest BCUT2D eigenvalue weighted by Crippen LogP contribution is -2.29. The third-order valence-corrected chi connectivity index (χ3v) is 5.86. The minimum absolute atomic E-state index is 0.368. The summed E-state index contributed by atoms with van der Waals surface area (Å²) in [4.78, 5) is 0.368. The number of hydrogen-bond donors (Lipinski definition) is 1. The molecule has 1 saturated carbocycles. The Hall–Kier alpha value is -0.390. The van der Waals surface area contributed by atoms with Crippen LogP contribution in [0.15, 0.2) is 27.6 Å². The first-order valence-electron chi connectivity index (χ1n) is 6.64. The number of aryl methyl sites for hydroxylation is 1. The molecule has 1 aromatic carbocycles. The molecule has 0 radical (unpaired) electrons. The van der Waals surface area contributed by atoms with E-state index in [0.29, 0.717) is 17.4 Å². The molecule has 0 spiro atoms. The minimum Gasteiger partial charge on any atom is -0.211 e. The fourth-order valence-electron chi connectivity index (χ4n) is 2.68. The number of halogens is 1. The fourth-order valence-corrected chi connectivity index (χ4v) is 4.58. The lowest BCUT2D eigenvalue weighted by molar-refractivity contribution is 0.498. The van der Waals surface area contributed by atoms with Crippen LogP contribution in [0.25, 0.3) is 0 Å². The van der Waals surface area contributed by atoms with Crippen LogP contribution in [0, 0.1) is 18.8 Å². The third kappa shape index (κ3) is 3.80. The first kappa shape index (κ1) is 15.0. The summed E-state index contributed by atoms with van der Waals surface area (Å²) < 4.78 is 28.2. The van der Waals surface area contributed by atoms with Crippen molar-refractivity contribution in [3.8, 4) is 0 Å². The maximum Gasteiger partial charge on any atom is 0.240 e. The van der Waals surface area contributed by atoms with E-state index in [4.69, 9.17) is 0 Å². The molecule has 2 atom stereocenters. The summed E-state index contributed by atoms with van der Waals surface area (Å²) in [6.45, 7) is 4.60. The standard InChI is InChI=1S/C14H20BrNO2S/c1-10-3-5-12(7-10)9-16-19(17,18)14-8-13(15)6-4-11(14)2/h4,6,8,10,12,16H,3,5,7,9H2,1-2H3. The third-order valence-electron chi connectivity index (χ3n) is 3.81. The van der Waals surface area contributed by atoms with Crippen molar-refractivity contribution in [3.63, 3.8) is 0 Å². The molecule has 3 nitrogen and oxygen atoms in total. The van der Waals surface area contributed by atoms with Gasteiger partial charge in [-0.15, -0.1) is 0 Å². The van der Waals surface area contributed by atoms with E-state index in [1.807, 2.05) is 19.1 Å². The van der Waals surface area contributed by atoms with Crippen molar-refractivity contribution in [2.75, 3.05) is 6.54 Å². The lowest BCUT2D eigenvalue weighted by atomic mass is 10.1. The topological polar surface area (TPSA) is 46.2 Å². The summed E-state index contributed by atoms with van der Waals surface area (Å²) in [5.74, 6) is 1.21. The van der Waals surface area contributed by atoms with Crippen LogP contribution >= 0.6 is 15.9 Å². The Morgan fingerprint density at radius 1 is 1.37 bits per heavy atom. The van der Waals surface area contributed by atoms with Gasteiger partial charge in [0.25, 0.3) is 0 Å². The molecule has 2 rings (SSSR count). The van der Waals surface area contributed by atoms with Crippen molar-refractivity contribution in [1.29, 1.82) is 0 Å². The Kier molecular flexibility index (Phi) is 4.69. The van der Waals surface area contributed by atoms with Crippen molar-refractivity contribution in [3.05, 3.63) is 28.2 Å². The maximum atomic E-state index is 12.3. The van der Waals surface area contributed by atoms with Gasteiger partial charge in [0.05, 0.1) is 4.90 Å².